The average Bonchev–Trinajstić information content (AvgIpc) is 2.77. The van der Waals surface area contributed by atoms with Gasteiger partial charge in [0, 0.05) is 30.8 Å². The summed E-state index contributed by atoms with van der Waals surface area (Å²) >= 11 is 6.13. The fourth-order valence-corrected chi connectivity index (χ4v) is 2.42. The molecule has 0 fully saturated rings. The van der Waals surface area contributed by atoms with E-state index in [4.69, 9.17) is 16.3 Å². The first-order valence-electron chi connectivity index (χ1n) is 7.38. The summed E-state index contributed by atoms with van der Waals surface area (Å²) in [7, 11) is 1.76. The quantitative estimate of drug-likeness (QED) is 0.826. The highest BCUT2D eigenvalue weighted by Crippen LogP contribution is 2.20. The molecule has 122 valence electrons. The van der Waals surface area contributed by atoms with Crippen molar-refractivity contribution < 1.29 is 9.53 Å². The van der Waals surface area contributed by atoms with Crippen molar-refractivity contribution in [2.45, 2.75) is 20.4 Å². The van der Waals surface area contributed by atoms with Crippen molar-refractivity contribution in [3.8, 4) is 5.75 Å². The average molecular weight is 334 g/mol. The van der Waals surface area contributed by atoms with Gasteiger partial charge < -0.3 is 10.1 Å². The lowest BCUT2D eigenvalue weighted by Crippen LogP contribution is -2.20. The molecule has 0 spiro atoms. The lowest BCUT2D eigenvalue weighted by atomic mass is 10.2. The predicted molar refractivity (Wildman–Crippen MR) is 91.4 cm³/mol. The molecule has 6 heteroatoms. The van der Waals surface area contributed by atoms with Gasteiger partial charge in [0.2, 0.25) is 5.91 Å². The lowest BCUT2D eigenvalue weighted by Gasteiger charge is -2.09. The maximum absolute atomic E-state index is 12.0. The van der Waals surface area contributed by atoms with Gasteiger partial charge in [0.15, 0.2) is 0 Å². The van der Waals surface area contributed by atoms with E-state index < -0.39 is 0 Å². The third-order valence-electron chi connectivity index (χ3n) is 3.32. The second kappa shape index (κ2) is 7.83. The van der Waals surface area contributed by atoms with Crippen LogP contribution in [0.3, 0.4) is 0 Å². The summed E-state index contributed by atoms with van der Waals surface area (Å²) in [5.41, 5.74) is 2.47. The van der Waals surface area contributed by atoms with Crippen LogP contribution in [0.25, 0.3) is 6.08 Å². The molecule has 0 radical (unpaired) electrons. The third kappa shape index (κ3) is 4.36. The second-order valence-electron chi connectivity index (χ2n) is 5.01. The number of hydrogen-bond acceptors (Lipinski definition) is 3. The Morgan fingerprint density at radius 1 is 1.43 bits per heavy atom. The number of halogens is 1. The number of carbonyl (C=O) groups excluding carboxylic acids is 1. The van der Waals surface area contributed by atoms with Crippen LogP contribution in [0.2, 0.25) is 5.15 Å². The smallest absolute Gasteiger partial charge is 0.244 e. The Labute approximate surface area is 140 Å². The van der Waals surface area contributed by atoms with Crippen LogP contribution in [0, 0.1) is 6.92 Å². The SMILES string of the molecule is CCOc1ccccc1CNC(=O)C=Cc1c(C)nn(C)c1Cl. The van der Waals surface area contributed by atoms with Crippen molar-refractivity contribution in [3.63, 3.8) is 0 Å². The number of aryl methyl sites for hydroxylation is 2. The van der Waals surface area contributed by atoms with Gasteiger partial charge >= 0.3 is 0 Å². The number of nitrogens with zero attached hydrogens (tertiary/aromatic N) is 2. The molecule has 1 aromatic heterocycles. The molecule has 0 saturated carbocycles. The molecule has 0 aliphatic rings. The molecule has 1 N–H and O–H groups in total. The Kier molecular flexibility index (Phi) is 5.82. The molecule has 23 heavy (non-hydrogen) atoms. The molecule has 0 atom stereocenters. The van der Waals surface area contributed by atoms with E-state index in [9.17, 15) is 4.79 Å². The molecular formula is C17H20ClN3O2. The number of aromatic nitrogens is 2. The zero-order valence-corrected chi connectivity index (χ0v) is 14.2. The first-order chi connectivity index (χ1) is 11.0. The molecule has 2 aromatic rings. The van der Waals surface area contributed by atoms with Gasteiger partial charge in [-0.3, -0.25) is 9.48 Å². The number of rotatable bonds is 6. The van der Waals surface area contributed by atoms with E-state index in [1.54, 1.807) is 17.8 Å². The van der Waals surface area contributed by atoms with E-state index in [2.05, 4.69) is 10.4 Å². The largest absolute Gasteiger partial charge is 0.494 e. The van der Waals surface area contributed by atoms with Crippen molar-refractivity contribution >= 4 is 23.6 Å². The Balaban J connectivity index is 1.99. The lowest BCUT2D eigenvalue weighted by molar-refractivity contribution is -0.116. The van der Waals surface area contributed by atoms with Crippen molar-refractivity contribution in [2.24, 2.45) is 7.05 Å². The standard InChI is InChI=1S/C17H20ClN3O2/c1-4-23-15-8-6-5-7-13(15)11-19-16(22)10-9-14-12(2)20-21(3)17(14)18/h5-10H,4,11H2,1-3H3,(H,19,22). The molecule has 0 bridgehead atoms. The topological polar surface area (TPSA) is 56.1 Å². The number of hydrogen-bond donors (Lipinski definition) is 1. The normalized spacial score (nSPS) is 11.0. The molecule has 2 rings (SSSR count). The van der Waals surface area contributed by atoms with Gasteiger partial charge in [-0.1, -0.05) is 29.8 Å². The summed E-state index contributed by atoms with van der Waals surface area (Å²) in [6.45, 7) is 4.77. The van der Waals surface area contributed by atoms with E-state index >= 15 is 0 Å². The maximum atomic E-state index is 12.0. The van der Waals surface area contributed by atoms with Crippen molar-refractivity contribution in [1.82, 2.24) is 15.1 Å². The van der Waals surface area contributed by atoms with Gasteiger partial charge in [0.25, 0.3) is 0 Å². The van der Waals surface area contributed by atoms with Gasteiger partial charge in [-0.2, -0.15) is 5.10 Å². The van der Waals surface area contributed by atoms with E-state index in [1.807, 2.05) is 38.1 Å². The van der Waals surface area contributed by atoms with Crippen LogP contribution in [0.15, 0.2) is 30.3 Å². The summed E-state index contributed by atoms with van der Waals surface area (Å²) in [6, 6.07) is 7.64. The van der Waals surface area contributed by atoms with Crippen LogP contribution in [-0.2, 0) is 18.4 Å². The minimum atomic E-state index is -0.198. The minimum Gasteiger partial charge on any atom is -0.494 e. The van der Waals surface area contributed by atoms with Crippen molar-refractivity contribution in [3.05, 3.63) is 52.3 Å². The molecule has 0 unspecified atom stereocenters. The van der Waals surface area contributed by atoms with Crippen LogP contribution in [-0.4, -0.2) is 22.3 Å². The fourth-order valence-electron chi connectivity index (χ4n) is 2.18. The molecule has 0 aliphatic carbocycles. The minimum absolute atomic E-state index is 0.198. The Hall–Kier alpha value is -2.27. The molecule has 5 nitrogen and oxygen atoms in total. The summed E-state index contributed by atoms with van der Waals surface area (Å²) in [6.07, 6.45) is 3.13. The van der Waals surface area contributed by atoms with Crippen LogP contribution < -0.4 is 10.1 Å². The zero-order chi connectivity index (χ0) is 16.8. The Morgan fingerprint density at radius 2 is 2.17 bits per heavy atom. The number of carbonyl (C=O) groups is 1. The summed E-state index contributed by atoms with van der Waals surface area (Å²) in [4.78, 5) is 12.0. The highest BCUT2D eigenvalue weighted by molar-refractivity contribution is 6.31. The monoisotopic (exact) mass is 333 g/mol. The van der Waals surface area contributed by atoms with Crippen LogP contribution >= 0.6 is 11.6 Å². The maximum Gasteiger partial charge on any atom is 0.244 e. The third-order valence-corrected chi connectivity index (χ3v) is 3.77. The summed E-state index contributed by atoms with van der Waals surface area (Å²) in [5, 5.41) is 7.54. The number of ether oxygens (including phenoxy) is 1. The molecule has 0 aliphatic heterocycles. The van der Waals surface area contributed by atoms with Crippen molar-refractivity contribution in [1.29, 1.82) is 0 Å². The van der Waals surface area contributed by atoms with Gasteiger partial charge in [0.1, 0.15) is 10.9 Å². The first-order valence-corrected chi connectivity index (χ1v) is 7.76. The number of nitrogens with one attached hydrogen (secondary N) is 1. The van der Waals surface area contributed by atoms with E-state index in [-0.39, 0.29) is 5.91 Å². The van der Waals surface area contributed by atoms with Gasteiger partial charge in [-0.25, -0.2) is 0 Å². The van der Waals surface area contributed by atoms with Crippen molar-refractivity contribution in [2.75, 3.05) is 6.61 Å². The van der Waals surface area contributed by atoms with Crippen LogP contribution in [0.4, 0.5) is 0 Å². The van der Waals surface area contributed by atoms with Gasteiger partial charge in [-0.15, -0.1) is 0 Å². The highest BCUT2D eigenvalue weighted by atomic mass is 35.5. The zero-order valence-electron chi connectivity index (χ0n) is 13.5. The van der Waals surface area contributed by atoms with E-state index in [1.165, 1.54) is 6.08 Å². The molecular weight excluding hydrogens is 314 g/mol. The summed E-state index contributed by atoms with van der Waals surface area (Å²) in [5.74, 6) is 0.584. The molecule has 1 amide bonds. The molecule has 1 aromatic carbocycles. The highest BCUT2D eigenvalue weighted by Gasteiger charge is 2.08. The van der Waals surface area contributed by atoms with Gasteiger partial charge in [0.05, 0.1) is 12.3 Å². The Morgan fingerprint density at radius 3 is 2.83 bits per heavy atom. The Bertz CT molecular complexity index is 723. The number of benzene rings is 1. The van der Waals surface area contributed by atoms with E-state index in [0.29, 0.717) is 18.3 Å². The van der Waals surface area contributed by atoms with Crippen LogP contribution in [0.5, 0.6) is 5.75 Å². The first kappa shape index (κ1) is 17.1. The number of para-hydroxylation sites is 1. The fraction of sp³-hybridized carbons (Fsp3) is 0.294. The molecule has 1 heterocycles. The van der Waals surface area contributed by atoms with Crippen LogP contribution in [0.1, 0.15) is 23.7 Å². The van der Waals surface area contributed by atoms with E-state index in [0.717, 1.165) is 22.6 Å². The molecule has 0 saturated heterocycles. The van der Waals surface area contributed by atoms with Gasteiger partial charge in [-0.05, 0) is 26.0 Å². The predicted octanol–water partition coefficient (Wildman–Crippen LogP) is 3.11. The number of amides is 1. The second-order valence-corrected chi connectivity index (χ2v) is 5.36. The summed E-state index contributed by atoms with van der Waals surface area (Å²) < 4.78 is 7.11.